The third-order valence-corrected chi connectivity index (χ3v) is 1.29. The lowest BCUT2D eigenvalue weighted by molar-refractivity contribution is -0.149. The van der Waals surface area contributed by atoms with Gasteiger partial charge in [-0.2, -0.15) is 0 Å². The molecule has 1 N–H and O–H groups in total. The summed E-state index contributed by atoms with van der Waals surface area (Å²) in [5, 5.41) is 8.71. The molecule has 0 aliphatic rings. The van der Waals surface area contributed by atoms with Crippen LogP contribution in [0.1, 0.15) is 13.3 Å². The molecule has 0 aromatic heterocycles. The maximum Gasteiger partial charge on any atom is 0.311 e. The average molecular weight is 158 g/mol. The summed E-state index contributed by atoms with van der Waals surface area (Å²) >= 11 is 0. The standard InChI is InChI=1S/C8H14O3/c1-3-5-7(6-9)8(10)11-4-2/h3,7,9H,1,4-6H2,2H3. The topological polar surface area (TPSA) is 46.5 Å². The van der Waals surface area contributed by atoms with E-state index in [1.807, 2.05) is 0 Å². The molecule has 11 heavy (non-hydrogen) atoms. The lowest BCUT2D eigenvalue weighted by Gasteiger charge is -2.09. The Morgan fingerprint density at radius 2 is 2.45 bits per heavy atom. The van der Waals surface area contributed by atoms with Crippen molar-refractivity contribution in [3.63, 3.8) is 0 Å². The molecule has 0 rings (SSSR count). The highest BCUT2D eigenvalue weighted by Crippen LogP contribution is 2.04. The largest absolute Gasteiger partial charge is 0.466 e. The summed E-state index contributed by atoms with van der Waals surface area (Å²) in [5.41, 5.74) is 0. The van der Waals surface area contributed by atoms with Gasteiger partial charge in [0, 0.05) is 0 Å². The monoisotopic (exact) mass is 158 g/mol. The van der Waals surface area contributed by atoms with Crippen LogP contribution in [0.4, 0.5) is 0 Å². The maximum absolute atomic E-state index is 10.9. The van der Waals surface area contributed by atoms with Crippen LogP contribution in [-0.2, 0) is 9.53 Å². The quantitative estimate of drug-likeness (QED) is 0.474. The first-order valence-corrected chi connectivity index (χ1v) is 3.64. The highest BCUT2D eigenvalue weighted by Gasteiger charge is 2.16. The van der Waals surface area contributed by atoms with Crippen LogP contribution >= 0.6 is 0 Å². The van der Waals surface area contributed by atoms with E-state index in [-0.39, 0.29) is 12.6 Å². The SMILES string of the molecule is C=CCC(CO)C(=O)OCC. The minimum absolute atomic E-state index is 0.176. The van der Waals surface area contributed by atoms with Gasteiger partial charge in [-0.15, -0.1) is 6.58 Å². The smallest absolute Gasteiger partial charge is 0.311 e. The second-order valence-corrected chi connectivity index (χ2v) is 2.16. The van der Waals surface area contributed by atoms with Crippen molar-refractivity contribution in [2.24, 2.45) is 5.92 Å². The number of esters is 1. The molecule has 0 bridgehead atoms. The first kappa shape index (κ1) is 10.2. The Morgan fingerprint density at radius 1 is 1.82 bits per heavy atom. The van der Waals surface area contributed by atoms with E-state index in [0.717, 1.165) is 0 Å². The van der Waals surface area contributed by atoms with Crippen molar-refractivity contribution < 1.29 is 14.6 Å². The zero-order valence-corrected chi connectivity index (χ0v) is 6.75. The number of carbonyl (C=O) groups excluding carboxylic acids is 1. The molecule has 0 saturated heterocycles. The van der Waals surface area contributed by atoms with Crippen molar-refractivity contribution in [1.82, 2.24) is 0 Å². The van der Waals surface area contributed by atoms with Gasteiger partial charge in [0.15, 0.2) is 0 Å². The molecule has 0 aliphatic heterocycles. The van der Waals surface area contributed by atoms with Gasteiger partial charge in [0.2, 0.25) is 0 Å². The van der Waals surface area contributed by atoms with Crippen LogP contribution in [0.5, 0.6) is 0 Å². The molecule has 0 saturated carbocycles. The molecule has 0 heterocycles. The average Bonchev–Trinajstić information content (AvgIpc) is 2.00. The van der Waals surface area contributed by atoms with Crippen LogP contribution in [0.2, 0.25) is 0 Å². The fourth-order valence-corrected chi connectivity index (χ4v) is 0.707. The zero-order valence-electron chi connectivity index (χ0n) is 6.75. The number of hydrogen-bond donors (Lipinski definition) is 1. The number of hydrogen-bond acceptors (Lipinski definition) is 3. The molecule has 0 aromatic rings. The molecule has 64 valence electrons. The van der Waals surface area contributed by atoms with Crippen molar-refractivity contribution in [3.05, 3.63) is 12.7 Å². The molecular formula is C8H14O3. The van der Waals surface area contributed by atoms with Crippen molar-refractivity contribution in [2.45, 2.75) is 13.3 Å². The Bertz CT molecular complexity index is 131. The highest BCUT2D eigenvalue weighted by atomic mass is 16.5. The third-order valence-electron chi connectivity index (χ3n) is 1.29. The summed E-state index contributed by atoms with van der Waals surface area (Å²) in [5.74, 6) is -0.789. The fraction of sp³-hybridized carbons (Fsp3) is 0.625. The normalized spacial score (nSPS) is 12.2. The van der Waals surface area contributed by atoms with Gasteiger partial charge < -0.3 is 9.84 Å². The molecule has 0 spiro atoms. The lowest BCUT2D eigenvalue weighted by Crippen LogP contribution is -2.20. The van der Waals surface area contributed by atoms with Crippen LogP contribution in [0.3, 0.4) is 0 Å². The van der Waals surface area contributed by atoms with Gasteiger partial charge in [-0.05, 0) is 13.3 Å². The van der Waals surface area contributed by atoms with Gasteiger partial charge >= 0.3 is 5.97 Å². The molecule has 0 amide bonds. The van der Waals surface area contributed by atoms with Crippen molar-refractivity contribution in [1.29, 1.82) is 0 Å². The molecule has 1 unspecified atom stereocenters. The van der Waals surface area contributed by atoms with E-state index < -0.39 is 5.92 Å². The Balaban J connectivity index is 3.80. The first-order valence-electron chi connectivity index (χ1n) is 3.64. The summed E-state index contributed by atoms with van der Waals surface area (Å²) in [7, 11) is 0. The molecule has 0 radical (unpaired) electrons. The van der Waals surface area contributed by atoms with E-state index in [2.05, 4.69) is 6.58 Å². The van der Waals surface area contributed by atoms with Gasteiger partial charge in [0.25, 0.3) is 0 Å². The van der Waals surface area contributed by atoms with E-state index in [1.54, 1.807) is 13.0 Å². The zero-order chi connectivity index (χ0) is 8.69. The molecule has 3 nitrogen and oxygen atoms in total. The lowest BCUT2D eigenvalue weighted by atomic mass is 10.1. The highest BCUT2D eigenvalue weighted by molar-refractivity contribution is 5.72. The Kier molecular flexibility index (Phi) is 5.47. The van der Waals surface area contributed by atoms with E-state index in [1.165, 1.54) is 0 Å². The summed E-state index contributed by atoms with van der Waals surface area (Å²) in [6.45, 7) is 5.39. The van der Waals surface area contributed by atoms with Gasteiger partial charge in [-0.1, -0.05) is 6.08 Å². The first-order chi connectivity index (χ1) is 5.26. The van der Waals surface area contributed by atoms with Crippen molar-refractivity contribution >= 4 is 5.97 Å². The van der Waals surface area contributed by atoms with Gasteiger partial charge in [0.1, 0.15) is 0 Å². The molecule has 0 aliphatic carbocycles. The number of rotatable bonds is 5. The molecule has 3 heteroatoms. The molecule has 0 fully saturated rings. The van der Waals surface area contributed by atoms with Crippen LogP contribution < -0.4 is 0 Å². The van der Waals surface area contributed by atoms with E-state index in [4.69, 9.17) is 9.84 Å². The minimum atomic E-state index is -0.438. The molecule has 1 atom stereocenters. The number of carbonyl (C=O) groups is 1. The van der Waals surface area contributed by atoms with Crippen molar-refractivity contribution in [2.75, 3.05) is 13.2 Å². The Hall–Kier alpha value is -0.830. The number of ether oxygens (including phenoxy) is 1. The Morgan fingerprint density at radius 3 is 2.82 bits per heavy atom. The summed E-state index contributed by atoms with van der Waals surface area (Å²) in [6, 6.07) is 0. The predicted molar refractivity (Wildman–Crippen MR) is 42.0 cm³/mol. The second-order valence-electron chi connectivity index (χ2n) is 2.16. The third kappa shape index (κ3) is 3.78. The minimum Gasteiger partial charge on any atom is -0.466 e. The number of aliphatic hydroxyl groups excluding tert-OH is 1. The summed E-state index contributed by atoms with van der Waals surface area (Å²) in [4.78, 5) is 10.9. The molecule has 0 aromatic carbocycles. The summed E-state index contributed by atoms with van der Waals surface area (Å²) in [6.07, 6.45) is 2.06. The second kappa shape index (κ2) is 5.92. The number of aliphatic hydroxyl groups is 1. The molecular weight excluding hydrogens is 144 g/mol. The van der Waals surface area contributed by atoms with Gasteiger partial charge in [-0.25, -0.2) is 0 Å². The maximum atomic E-state index is 10.9. The van der Waals surface area contributed by atoms with E-state index in [9.17, 15) is 4.79 Å². The predicted octanol–water partition coefficient (Wildman–Crippen LogP) is 0.734. The van der Waals surface area contributed by atoms with E-state index >= 15 is 0 Å². The van der Waals surface area contributed by atoms with Gasteiger partial charge in [-0.3, -0.25) is 4.79 Å². The summed E-state index contributed by atoms with van der Waals surface area (Å²) < 4.78 is 4.70. The number of allylic oxidation sites excluding steroid dienone is 1. The fourth-order valence-electron chi connectivity index (χ4n) is 0.707. The van der Waals surface area contributed by atoms with Crippen LogP contribution in [0.25, 0.3) is 0 Å². The van der Waals surface area contributed by atoms with E-state index in [0.29, 0.717) is 13.0 Å². The Labute approximate surface area is 66.7 Å². The van der Waals surface area contributed by atoms with Crippen molar-refractivity contribution in [3.8, 4) is 0 Å². The van der Waals surface area contributed by atoms with Crippen LogP contribution in [-0.4, -0.2) is 24.3 Å². The van der Waals surface area contributed by atoms with Crippen LogP contribution in [0.15, 0.2) is 12.7 Å². The van der Waals surface area contributed by atoms with Crippen LogP contribution in [0, 0.1) is 5.92 Å². The van der Waals surface area contributed by atoms with Gasteiger partial charge in [0.05, 0.1) is 19.1 Å².